The predicted octanol–water partition coefficient (Wildman–Crippen LogP) is 6.96. The molecule has 9 heteroatoms. The Kier molecular flexibility index (Phi) is 7.75. The van der Waals surface area contributed by atoms with Crippen molar-refractivity contribution in [1.82, 2.24) is 15.3 Å². The summed E-state index contributed by atoms with van der Waals surface area (Å²) in [6.45, 7) is 17.9. The van der Waals surface area contributed by atoms with Gasteiger partial charge in [0.15, 0.2) is 8.32 Å². The number of aromatic nitrogens is 2. The number of carbonyl (C=O) groups is 1. The van der Waals surface area contributed by atoms with Gasteiger partial charge in [0.25, 0.3) is 0 Å². The molecule has 36 heavy (non-hydrogen) atoms. The molecule has 2 aromatic rings. The molecule has 1 N–H and O–H groups in total. The Morgan fingerprint density at radius 1 is 1.08 bits per heavy atom. The molecule has 1 saturated carbocycles. The van der Waals surface area contributed by atoms with Crippen molar-refractivity contribution in [3.05, 3.63) is 16.8 Å². The van der Waals surface area contributed by atoms with Crippen LogP contribution in [0.3, 0.4) is 0 Å². The minimum absolute atomic E-state index is 0.0821. The van der Waals surface area contributed by atoms with E-state index in [9.17, 15) is 4.79 Å². The molecule has 0 aliphatic heterocycles. The second-order valence-electron chi connectivity index (χ2n) is 12.8. The fourth-order valence-corrected chi connectivity index (χ4v) is 7.06. The Bertz CT molecular complexity index is 1080. The van der Waals surface area contributed by atoms with E-state index in [0.717, 1.165) is 55.3 Å². The SMILES string of the molecule is CC(C)(C)OC(=O)NC1CCC(Oc2ncnc3sc4c(c23)[C@@H](CO[Si](C)(C)C(C)(C)C)CC4)CC1. The number of alkyl carbamates (subject to hydrolysis) is 1. The fraction of sp³-hybridized carbons (Fsp3) is 0.741. The summed E-state index contributed by atoms with van der Waals surface area (Å²) in [6.07, 6.45) is 7.02. The third-order valence-corrected chi connectivity index (χ3v) is 13.5. The van der Waals surface area contributed by atoms with E-state index in [4.69, 9.17) is 13.9 Å². The Hall–Kier alpha value is -1.71. The third-order valence-electron chi connectivity index (χ3n) is 7.82. The molecule has 0 saturated heterocycles. The number of carbonyl (C=O) groups excluding carboxylic acids is 1. The Labute approximate surface area is 220 Å². The lowest BCUT2D eigenvalue weighted by molar-refractivity contribution is 0.0470. The highest BCUT2D eigenvalue weighted by Gasteiger charge is 2.39. The lowest BCUT2D eigenvalue weighted by Crippen LogP contribution is -2.42. The minimum Gasteiger partial charge on any atom is -0.474 e. The van der Waals surface area contributed by atoms with Gasteiger partial charge in [0.2, 0.25) is 5.88 Å². The smallest absolute Gasteiger partial charge is 0.407 e. The van der Waals surface area contributed by atoms with E-state index in [2.05, 4.69) is 49.1 Å². The maximum Gasteiger partial charge on any atom is 0.407 e. The van der Waals surface area contributed by atoms with Gasteiger partial charge in [-0.3, -0.25) is 0 Å². The number of thiophene rings is 1. The molecule has 0 bridgehead atoms. The van der Waals surface area contributed by atoms with E-state index in [0.29, 0.717) is 11.8 Å². The van der Waals surface area contributed by atoms with Gasteiger partial charge in [-0.05, 0) is 83.0 Å². The first-order valence-electron chi connectivity index (χ1n) is 13.3. The molecule has 0 spiro atoms. The summed E-state index contributed by atoms with van der Waals surface area (Å²) in [6, 6.07) is 0.118. The summed E-state index contributed by atoms with van der Waals surface area (Å²) < 4.78 is 18.6. The van der Waals surface area contributed by atoms with Crippen LogP contribution in [0, 0.1) is 0 Å². The van der Waals surface area contributed by atoms with Crippen molar-refractivity contribution in [2.24, 2.45) is 0 Å². The molecule has 0 radical (unpaired) electrons. The molecule has 2 aromatic heterocycles. The van der Waals surface area contributed by atoms with Gasteiger partial charge in [-0.25, -0.2) is 14.8 Å². The molecule has 1 fully saturated rings. The van der Waals surface area contributed by atoms with Crippen molar-refractivity contribution in [3.8, 4) is 5.88 Å². The summed E-state index contributed by atoms with van der Waals surface area (Å²) in [5, 5.41) is 4.30. The van der Waals surface area contributed by atoms with E-state index in [1.165, 1.54) is 10.4 Å². The molecule has 7 nitrogen and oxygen atoms in total. The number of nitrogens with zero attached hydrogens (tertiary/aromatic N) is 2. The maximum atomic E-state index is 12.1. The van der Waals surface area contributed by atoms with Crippen molar-refractivity contribution in [2.45, 2.75) is 122 Å². The van der Waals surface area contributed by atoms with Crippen molar-refractivity contribution < 1.29 is 18.7 Å². The maximum absolute atomic E-state index is 12.1. The van der Waals surface area contributed by atoms with E-state index in [1.54, 1.807) is 17.7 Å². The molecular weight excluding hydrogens is 490 g/mol. The van der Waals surface area contributed by atoms with Gasteiger partial charge >= 0.3 is 6.09 Å². The largest absolute Gasteiger partial charge is 0.474 e. The van der Waals surface area contributed by atoms with Crippen LogP contribution >= 0.6 is 11.3 Å². The van der Waals surface area contributed by atoms with Gasteiger partial charge in [-0.15, -0.1) is 11.3 Å². The summed E-state index contributed by atoms with van der Waals surface area (Å²) in [4.78, 5) is 23.7. The number of rotatable bonds is 6. The van der Waals surface area contributed by atoms with Gasteiger partial charge < -0.3 is 19.2 Å². The highest BCUT2D eigenvalue weighted by molar-refractivity contribution is 7.19. The van der Waals surface area contributed by atoms with Gasteiger partial charge in [0.05, 0.1) is 5.39 Å². The van der Waals surface area contributed by atoms with Crippen molar-refractivity contribution in [1.29, 1.82) is 0 Å². The number of nitrogens with one attached hydrogen (secondary N) is 1. The quantitative estimate of drug-likeness (QED) is 0.404. The van der Waals surface area contributed by atoms with E-state index >= 15 is 0 Å². The van der Waals surface area contributed by atoms with Crippen LogP contribution in [0.5, 0.6) is 5.88 Å². The second kappa shape index (κ2) is 10.2. The van der Waals surface area contributed by atoms with Crippen LogP contribution in [-0.4, -0.2) is 48.7 Å². The number of ether oxygens (including phenoxy) is 2. The van der Waals surface area contributed by atoms with Crippen molar-refractivity contribution in [2.75, 3.05) is 6.61 Å². The van der Waals surface area contributed by atoms with Crippen LogP contribution in [0.2, 0.25) is 18.1 Å². The standard InChI is InChI=1S/C27H43N3O4SSi/c1-26(2,3)34-25(31)30-18-10-12-19(13-11-18)33-23-22-21-17(15-32-36(7,8)27(4,5)6)9-14-20(21)35-24(22)29-16-28-23/h16-19H,9-15H2,1-8H3,(H,30,31)/t17-,18?,19?/m1/s1. The normalized spacial score (nSPS) is 22.9. The number of fused-ring (bicyclic) bond motifs is 3. The zero-order valence-electron chi connectivity index (χ0n) is 23.2. The molecule has 1 amide bonds. The van der Waals surface area contributed by atoms with E-state index < -0.39 is 13.9 Å². The average molecular weight is 534 g/mol. The highest BCUT2D eigenvalue weighted by Crippen LogP contribution is 2.47. The third kappa shape index (κ3) is 6.22. The zero-order valence-corrected chi connectivity index (χ0v) is 25.0. The van der Waals surface area contributed by atoms with Crippen LogP contribution in [0.15, 0.2) is 6.33 Å². The number of hydrogen-bond acceptors (Lipinski definition) is 7. The van der Waals surface area contributed by atoms with Crippen molar-refractivity contribution in [3.63, 3.8) is 0 Å². The molecule has 0 aromatic carbocycles. The molecule has 2 heterocycles. The molecule has 0 unspecified atom stereocenters. The topological polar surface area (TPSA) is 82.6 Å². The summed E-state index contributed by atoms with van der Waals surface area (Å²) >= 11 is 1.78. The van der Waals surface area contributed by atoms with Crippen LogP contribution in [0.25, 0.3) is 10.2 Å². The van der Waals surface area contributed by atoms with E-state index in [-0.39, 0.29) is 23.3 Å². The Balaban J connectivity index is 1.43. The monoisotopic (exact) mass is 533 g/mol. The Morgan fingerprint density at radius 2 is 1.78 bits per heavy atom. The Morgan fingerprint density at radius 3 is 2.42 bits per heavy atom. The first-order valence-corrected chi connectivity index (χ1v) is 17.0. The minimum atomic E-state index is -1.82. The van der Waals surface area contributed by atoms with Crippen LogP contribution in [0.1, 0.15) is 90.0 Å². The molecule has 2 aliphatic carbocycles. The first-order chi connectivity index (χ1) is 16.7. The lowest BCUT2D eigenvalue weighted by Gasteiger charge is -2.37. The number of hydrogen-bond donors (Lipinski definition) is 1. The summed E-state index contributed by atoms with van der Waals surface area (Å²) in [5.41, 5.74) is 0.863. The molecule has 2 aliphatic rings. The number of aryl methyl sites for hydroxylation is 1. The van der Waals surface area contributed by atoms with Crippen LogP contribution < -0.4 is 10.1 Å². The zero-order chi connectivity index (χ0) is 26.3. The van der Waals surface area contributed by atoms with Gasteiger partial charge in [0, 0.05) is 23.4 Å². The fourth-order valence-electron chi connectivity index (χ4n) is 4.78. The molecule has 200 valence electrons. The van der Waals surface area contributed by atoms with Crippen molar-refractivity contribution >= 4 is 36.0 Å². The van der Waals surface area contributed by atoms with Crippen LogP contribution in [0.4, 0.5) is 4.79 Å². The van der Waals surface area contributed by atoms with Gasteiger partial charge in [-0.1, -0.05) is 20.8 Å². The number of amides is 1. The average Bonchev–Trinajstić information content (AvgIpc) is 3.31. The molecule has 1 atom stereocenters. The second-order valence-corrected chi connectivity index (χ2v) is 18.7. The first kappa shape index (κ1) is 27.3. The van der Waals surface area contributed by atoms with E-state index in [1.807, 2.05) is 20.8 Å². The predicted molar refractivity (Wildman–Crippen MR) is 148 cm³/mol. The van der Waals surface area contributed by atoms with Crippen LogP contribution in [-0.2, 0) is 15.6 Å². The van der Waals surface area contributed by atoms with Gasteiger partial charge in [0.1, 0.15) is 22.9 Å². The molecule has 4 rings (SSSR count). The molecular formula is C27H43N3O4SSi. The summed E-state index contributed by atoms with van der Waals surface area (Å²) in [7, 11) is -1.82. The van der Waals surface area contributed by atoms with Gasteiger partial charge in [-0.2, -0.15) is 0 Å². The highest BCUT2D eigenvalue weighted by atomic mass is 32.1. The lowest BCUT2D eigenvalue weighted by atomic mass is 9.93. The summed E-state index contributed by atoms with van der Waals surface area (Å²) in [5.74, 6) is 1.07.